The number of hydrogen-bond acceptors (Lipinski definition) is 3. The molecule has 0 spiro atoms. The zero-order valence-electron chi connectivity index (χ0n) is 14.6. The van der Waals surface area contributed by atoms with Gasteiger partial charge in [0, 0.05) is 24.2 Å². The summed E-state index contributed by atoms with van der Waals surface area (Å²) in [5.41, 5.74) is 8.07. The Morgan fingerprint density at radius 3 is 2.46 bits per heavy atom. The highest BCUT2D eigenvalue weighted by Crippen LogP contribution is 2.21. The topological polar surface area (TPSA) is 75.0 Å². The van der Waals surface area contributed by atoms with E-state index in [1.165, 1.54) is 0 Å². The molecular formula is C18H27ClN4O. The summed E-state index contributed by atoms with van der Waals surface area (Å²) in [4.78, 5) is 14.6. The highest BCUT2D eigenvalue weighted by Gasteiger charge is 2.22. The van der Waals surface area contributed by atoms with Crippen molar-refractivity contribution in [1.82, 2.24) is 15.1 Å². The number of benzene rings is 1. The zero-order chi connectivity index (χ0) is 16.9. The molecule has 1 aromatic carbocycles. The van der Waals surface area contributed by atoms with E-state index in [4.69, 9.17) is 5.73 Å². The molecule has 1 heterocycles. The number of amides is 1. The lowest BCUT2D eigenvalue weighted by Gasteiger charge is -2.21. The first kappa shape index (κ1) is 20.2. The predicted molar refractivity (Wildman–Crippen MR) is 99.4 cm³/mol. The fourth-order valence-electron chi connectivity index (χ4n) is 2.32. The van der Waals surface area contributed by atoms with Gasteiger partial charge in [0.25, 0.3) is 5.91 Å². The van der Waals surface area contributed by atoms with Gasteiger partial charge in [0.1, 0.15) is 5.69 Å². The average Bonchev–Trinajstić information content (AvgIpc) is 3.02. The summed E-state index contributed by atoms with van der Waals surface area (Å²) in [6, 6.07) is 11.8. The van der Waals surface area contributed by atoms with Crippen molar-refractivity contribution in [2.45, 2.75) is 39.2 Å². The summed E-state index contributed by atoms with van der Waals surface area (Å²) in [6.07, 6.45) is 0.773. The molecule has 132 valence electrons. The van der Waals surface area contributed by atoms with Gasteiger partial charge in [-0.15, -0.1) is 12.4 Å². The normalized spacial score (nSPS) is 11.0. The number of carbonyl (C=O) groups is 1. The molecule has 0 saturated heterocycles. The molecule has 6 heteroatoms. The SMILES string of the molecule is CC(C)(C)c1cc(C(=O)N(CCCN)Cc2ccccc2)n[nH]1.Cl. The molecule has 3 N–H and O–H groups in total. The minimum Gasteiger partial charge on any atom is -0.333 e. The van der Waals surface area contributed by atoms with Crippen LogP contribution in [0.3, 0.4) is 0 Å². The second-order valence-corrected chi connectivity index (χ2v) is 6.77. The minimum atomic E-state index is -0.0625. The Morgan fingerprint density at radius 1 is 1.25 bits per heavy atom. The quantitative estimate of drug-likeness (QED) is 0.840. The number of carbonyl (C=O) groups excluding carboxylic acids is 1. The van der Waals surface area contributed by atoms with Crippen molar-refractivity contribution in [2.24, 2.45) is 5.73 Å². The molecule has 2 aromatic rings. The maximum atomic E-state index is 12.8. The standard InChI is InChI=1S/C18H26N4O.ClH/c1-18(2,3)16-12-15(20-21-16)17(23)22(11-7-10-19)13-14-8-5-4-6-9-14;/h4-6,8-9,12H,7,10-11,13,19H2,1-3H3,(H,20,21);1H. The third-order valence-electron chi connectivity index (χ3n) is 3.74. The van der Waals surface area contributed by atoms with Gasteiger partial charge in [0.05, 0.1) is 0 Å². The third-order valence-corrected chi connectivity index (χ3v) is 3.74. The van der Waals surface area contributed by atoms with Gasteiger partial charge in [-0.1, -0.05) is 51.1 Å². The average molecular weight is 351 g/mol. The summed E-state index contributed by atoms with van der Waals surface area (Å²) < 4.78 is 0. The van der Waals surface area contributed by atoms with Crippen molar-refractivity contribution in [3.8, 4) is 0 Å². The van der Waals surface area contributed by atoms with Crippen LogP contribution in [-0.2, 0) is 12.0 Å². The van der Waals surface area contributed by atoms with Gasteiger partial charge >= 0.3 is 0 Å². The van der Waals surface area contributed by atoms with E-state index in [1.54, 1.807) is 0 Å². The molecule has 0 aliphatic heterocycles. The van der Waals surface area contributed by atoms with Crippen LogP contribution in [0.4, 0.5) is 0 Å². The molecule has 24 heavy (non-hydrogen) atoms. The lowest BCUT2D eigenvalue weighted by atomic mass is 9.92. The number of nitrogens with two attached hydrogens (primary N) is 1. The first-order valence-electron chi connectivity index (χ1n) is 8.01. The summed E-state index contributed by atoms with van der Waals surface area (Å²) >= 11 is 0. The van der Waals surface area contributed by atoms with Crippen molar-refractivity contribution in [2.75, 3.05) is 13.1 Å². The van der Waals surface area contributed by atoms with E-state index in [1.807, 2.05) is 41.3 Å². The second-order valence-electron chi connectivity index (χ2n) is 6.77. The highest BCUT2D eigenvalue weighted by atomic mass is 35.5. The van der Waals surface area contributed by atoms with E-state index in [0.29, 0.717) is 25.3 Å². The number of nitrogens with zero attached hydrogens (tertiary/aromatic N) is 2. The van der Waals surface area contributed by atoms with Gasteiger partial charge in [0.15, 0.2) is 0 Å². The molecule has 1 amide bonds. The van der Waals surface area contributed by atoms with Gasteiger partial charge < -0.3 is 10.6 Å². The Bertz CT molecular complexity index is 634. The van der Waals surface area contributed by atoms with Crippen LogP contribution in [-0.4, -0.2) is 34.1 Å². The maximum absolute atomic E-state index is 12.8. The molecule has 0 radical (unpaired) electrons. The van der Waals surface area contributed by atoms with E-state index in [0.717, 1.165) is 17.7 Å². The Hall–Kier alpha value is -1.85. The van der Waals surface area contributed by atoms with E-state index in [2.05, 4.69) is 31.0 Å². The first-order chi connectivity index (χ1) is 10.9. The zero-order valence-corrected chi connectivity index (χ0v) is 15.4. The second kappa shape index (κ2) is 8.85. The first-order valence-corrected chi connectivity index (χ1v) is 8.01. The van der Waals surface area contributed by atoms with E-state index in [9.17, 15) is 4.79 Å². The van der Waals surface area contributed by atoms with Gasteiger partial charge in [-0.3, -0.25) is 9.89 Å². The number of nitrogens with one attached hydrogen (secondary N) is 1. The van der Waals surface area contributed by atoms with Gasteiger partial charge in [-0.25, -0.2) is 0 Å². The summed E-state index contributed by atoms with van der Waals surface area (Å²) in [5, 5.41) is 7.18. The summed E-state index contributed by atoms with van der Waals surface area (Å²) in [7, 11) is 0. The van der Waals surface area contributed by atoms with Gasteiger partial charge in [-0.2, -0.15) is 5.10 Å². The van der Waals surface area contributed by atoms with Crippen LogP contribution in [0.5, 0.6) is 0 Å². The molecular weight excluding hydrogens is 324 g/mol. The minimum absolute atomic E-state index is 0. The molecule has 0 unspecified atom stereocenters. The summed E-state index contributed by atoms with van der Waals surface area (Å²) in [6.45, 7) is 8.02. The number of halogens is 1. The van der Waals surface area contributed by atoms with E-state index in [-0.39, 0.29) is 23.7 Å². The van der Waals surface area contributed by atoms with Crippen LogP contribution in [0, 0.1) is 0 Å². The molecule has 5 nitrogen and oxygen atoms in total. The third kappa shape index (κ3) is 5.35. The van der Waals surface area contributed by atoms with Crippen LogP contribution >= 0.6 is 12.4 Å². The predicted octanol–water partition coefficient (Wildman–Crippen LogP) is 3.12. The summed E-state index contributed by atoms with van der Waals surface area (Å²) in [5.74, 6) is -0.0611. The fraction of sp³-hybridized carbons (Fsp3) is 0.444. The van der Waals surface area contributed by atoms with Crippen LogP contribution in [0.2, 0.25) is 0 Å². The lowest BCUT2D eigenvalue weighted by molar-refractivity contribution is 0.0736. The number of aromatic amines is 1. The molecule has 0 atom stereocenters. The Kier molecular flexibility index (Phi) is 7.45. The number of aromatic nitrogens is 2. The number of rotatable bonds is 6. The van der Waals surface area contributed by atoms with Crippen LogP contribution < -0.4 is 5.73 Å². The van der Waals surface area contributed by atoms with Crippen LogP contribution in [0.15, 0.2) is 36.4 Å². The van der Waals surface area contributed by atoms with Crippen molar-refractivity contribution in [3.63, 3.8) is 0 Å². The van der Waals surface area contributed by atoms with E-state index >= 15 is 0 Å². The Morgan fingerprint density at radius 2 is 1.92 bits per heavy atom. The van der Waals surface area contributed by atoms with Crippen LogP contribution in [0.1, 0.15) is 48.9 Å². The Labute approximate surface area is 150 Å². The highest BCUT2D eigenvalue weighted by molar-refractivity contribution is 5.92. The molecule has 1 aromatic heterocycles. The molecule has 0 bridgehead atoms. The lowest BCUT2D eigenvalue weighted by Crippen LogP contribution is -2.32. The van der Waals surface area contributed by atoms with Gasteiger partial charge in [-0.05, 0) is 24.6 Å². The monoisotopic (exact) mass is 350 g/mol. The van der Waals surface area contributed by atoms with Crippen molar-refractivity contribution >= 4 is 18.3 Å². The molecule has 2 rings (SSSR count). The van der Waals surface area contributed by atoms with Crippen LogP contribution in [0.25, 0.3) is 0 Å². The molecule has 0 aliphatic rings. The number of hydrogen-bond donors (Lipinski definition) is 2. The molecule has 0 fully saturated rings. The molecule has 0 aliphatic carbocycles. The number of H-pyrrole nitrogens is 1. The Balaban J connectivity index is 0.00000288. The smallest absolute Gasteiger partial charge is 0.274 e. The van der Waals surface area contributed by atoms with Gasteiger partial charge in [0.2, 0.25) is 0 Å². The molecule has 0 saturated carbocycles. The van der Waals surface area contributed by atoms with Crippen molar-refractivity contribution in [3.05, 3.63) is 53.3 Å². The van der Waals surface area contributed by atoms with Crippen molar-refractivity contribution < 1.29 is 4.79 Å². The van der Waals surface area contributed by atoms with Crippen molar-refractivity contribution in [1.29, 1.82) is 0 Å². The maximum Gasteiger partial charge on any atom is 0.274 e. The van der Waals surface area contributed by atoms with E-state index < -0.39 is 0 Å². The fourth-order valence-corrected chi connectivity index (χ4v) is 2.32. The largest absolute Gasteiger partial charge is 0.333 e.